The molecule has 1 aromatic carbocycles. The average molecular weight is 231 g/mol. The molecule has 0 aliphatic carbocycles. The van der Waals surface area contributed by atoms with Crippen LogP contribution in [0.3, 0.4) is 0 Å². The van der Waals surface area contributed by atoms with E-state index in [9.17, 15) is 0 Å². The summed E-state index contributed by atoms with van der Waals surface area (Å²) >= 11 is 0. The van der Waals surface area contributed by atoms with Crippen molar-refractivity contribution in [1.82, 2.24) is 9.78 Å². The van der Waals surface area contributed by atoms with Crippen molar-refractivity contribution in [3.63, 3.8) is 0 Å². The Kier molecular flexibility index (Phi) is 6.65. The highest BCUT2D eigenvalue weighted by Crippen LogP contribution is 2.17. The Morgan fingerprint density at radius 3 is 2.29 bits per heavy atom. The summed E-state index contributed by atoms with van der Waals surface area (Å²) < 4.78 is 1.76. The Morgan fingerprint density at radius 2 is 1.76 bits per heavy atom. The second-order valence-corrected chi connectivity index (χ2v) is 3.14. The van der Waals surface area contributed by atoms with Gasteiger partial charge in [-0.3, -0.25) is 4.68 Å². The summed E-state index contributed by atoms with van der Waals surface area (Å²) in [4.78, 5) is 0. The van der Waals surface area contributed by atoms with Crippen LogP contribution in [0, 0.1) is 18.3 Å². The maximum atomic E-state index is 8.80. The second-order valence-electron chi connectivity index (χ2n) is 3.14. The standard InChI is InChI=1S/C10H9N3.2C2H6/c1-7-3-9-6-13(2)12-10(9)4-8(7)5-11;2*1-2/h3-4,6H,1-2H3;2*1-2H3. The first-order chi connectivity index (χ1) is 8.20. The molecule has 0 N–H and O–H groups in total. The van der Waals surface area contributed by atoms with E-state index < -0.39 is 0 Å². The molecule has 0 atom stereocenters. The number of nitrogens with zero attached hydrogens (tertiary/aromatic N) is 3. The van der Waals surface area contributed by atoms with Crippen molar-refractivity contribution in [2.45, 2.75) is 34.6 Å². The number of hydrogen-bond donors (Lipinski definition) is 0. The van der Waals surface area contributed by atoms with E-state index in [0.29, 0.717) is 5.56 Å². The van der Waals surface area contributed by atoms with Gasteiger partial charge >= 0.3 is 0 Å². The molecule has 17 heavy (non-hydrogen) atoms. The molecule has 0 fully saturated rings. The van der Waals surface area contributed by atoms with Crippen LogP contribution >= 0.6 is 0 Å². The fourth-order valence-corrected chi connectivity index (χ4v) is 1.43. The van der Waals surface area contributed by atoms with E-state index in [2.05, 4.69) is 11.2 Å². The van der Waals surface area contributed by atoms with E-state index in [0.717, 1.165) is 16.5 Å². The third-order valence-corrected chi connectivity index (χ3v) is 2.09. The Bertz CT molecular complexity index is 504. The number of hydrogen-bond acceptors (Lipinski definition) is 2. The first-order valence-corrected chi connectivity index (χ1v) is 6.05. The summed E-state index contributed by atoms with van der Waals surface area (Å²) in [5, 5.41) is 14.1. The van der Waals surface area contributed by atoms with Gasteiger partial charge in [0.25, 0.3) is 0 Å². The van der Waals surface area contributed by atoms with Gasteiger partial charge in [-0.1, -0.05) is 27.7 Å². The van der Waals surface area contributed by atoms with Gasteiger partial charge in [-0.15, -0.1) is 0 Å². The predicted molar refractivity (Wildman–Crippen MR) is 72.9 cm³/mol. The Labute approximate surface area is 104 Å². The van der Waals surface area contributed by atoms with Gasteiger partial charge in [-0.25, -0.2) is 0 Å². The van der Waals surface area contributed by atoms with E-state index >= 15 is 0 Å². The van der Waals surface area contributed by atoms with Crippen molar-refractivity contribution in [2.75, 3.05) is 0 Å². The smallest absolute Gasteiger partial charge is 0.0995 e. The highest BCUT2D eigenvalue weighted by atomic mass is 15.2. The lowest BCUT2D eigenvalue weighted by Gasteiger charge is -1.94. The number of fused-ring (bicyclic) bond motifs is 1. The van der Waals surface area contributed by atoms with Crippen LogP contribution in [0.4, 0.5) is 0 Å². The number of rotatable bonds is 0. The zero-order valence-corrected chi connectivity index (χ0v) is 11.6. The Morgan fingerprint density at radius 1 is 1.18 bits per heavy atom. The van der Waals surface area contributed by atoms with Gasteiger partial charge in [0.15, 0.2) is 0 Å². The van der Waals surface area contributed by atoms with Crippen LogP contribution in [0.5, 0.6) is 0 Å². The lowest BCUT2D eigenvalue weighted by molar-refractivity contribution is 0.779. The SMILES string of the molecule is CC.CC.Cc1cc2cn(C)nc2cc1C#N. The third kappa shape index (κ3) is 3.60. The molecule has 1 aromatic heterocycles. The van der Waals surface area contributed by atoms with Gasteiger partial charge in [0.2, 0.25) is 0 Å². The summed E-state index contributed by atoms with van der Waals surface area (Å²) in [7, 11) is 1.88. The molecule has 0 aliphatic heterocycles. The molecule has 2 rings (SSSR count). The summed E-state index contributed by atoms with van der Waals surface area (Å²) in [5.74, 6) is 0. The van der Waals surface area contributed by atoms with E-state index in [-0.39, 0.29) is 0 Å². The molecule has 3 nitrogen and oxygen atoms in total. The van der Waals surface area contributed by atoms with Crippen LogP contribution in [-0.4, -0.2) is 9.78 Å². The van der Waals surface area contributed by atoms with E-state index in [1.54, 1.807) is 4.68 Å². The van der Waals surface area contributed by atoms with Crippen LogP contribution in [-0.2, 0) is 7.05 Å². The lowest BCUT2D eigenvalue weighted by Crippen LogP contribution is -1.85. The third-order valence-electron chi connectivity index (χ3n) is 2.09. The predicted octanol–water partition coefficient (Wildman–Crippen LogP) is 3.81. The van der Waals surface area contributed by atoms with E-state index in [4.69, 9.17) is 5.26 Å². The summed E-state index contributed by atoms with van der Waals surface area (Å²) in [5.41, 5.74) is 2.58. The minimum atomic E-state index is 0.700. The Hall–Kier alpha value is -1.82. The molecule has 92 valence electrons. The summed E-state index contributed by atoms with van der Waals surface area (Å²) in [6.07, 6.45) is 1.95. The van der Waals surface area contributed by atoms with Crippen molar-refractivity contribution < 1.29 is 0 Å². The highest BCUT2D eigenvalue weighted by Gasteiger charge is 2.02. The van der Waals surface area contributed by atoms with Crippen molar-refractivity contribution >= 4 is 10.9 Å². The fourth-order valence-electron chi connectivity index (χ4n) is 1.43. The van der Waals surface area contributed by atoms with Crippen LogP contribution in [0.2, 0.25) is 0 Å². The minimum absolute atomic E-state index is 0.700. The molecule has 0 bridgehead atoms. The molecule has 0 spiro atoms. The summed E-state index contributed by atoms with van der Waals surface area (Å²) in [6, 6.07) is 5.96. The number of aryl methyl sites for hydroxylation is 2. The van der Waals surface area contributed by atoms with E-state index in [1.165, 1.54) is 0 Å². The lowest BCUT2D eigenvalue weighted by atomic mass is 10.1. The Balaban J connectivity index is 0.000000581. The molecule has 0 radical (unpaired) electrons. The number of benzene rings is 1. The minimum Gasteiger partial charge on any atom is -0.275 e. The van der Waals surface area contributed by atoms with Gasteiger partial charge < -0.3 is 0 Å². The molecule has 0 aliphatic rings. The quantitative estimate of drug-likeness (QED) is 0.692. The van der Waals surface area contributed by atoms with Gasteiger partial charge in [-0.2, -0.15) is 10.4 Å². The largest absolute Gasteiger partial charge is 0.275 e. The molecular weight excluding hydrogens is 210 g/mol. The zero-order chi connectivity index (χ0) is 13.4. The van der Waals surface area contributed by atoms with Gasteiger partial charge in [0, 0.05) is 18.6 Å². The summed E-state index contributed by atoms with van der Waals surface area (Å²) in [6.45, 7) is 9.94. The topological polar surface area (TPSA) is 41.6 Å². The molecule has 2 aromatic rings. The van der Waals surface area contributed by atoms with Gasteiger partial charge in [0.1, 0.15) is 0 Å². The maximum Gasteiger partial charge on any atom is 0.0995 e. The van der Waals surface area contributed by atoms with Gasteiger partial charge in [0.05, 0.1) is 17.1 Å². The number of nitriles is 1. The van der Waals surface area contributed by atoms with Crippen LogP contribution in [0.1, 0.15) is 38.8 Å². The maximum absolute atomic E-state index is 8.80. The number of aromatic nitrogens is 2. The van der Waals surface area contributed by atoms with Crippen molar-refractivity contribution in [3.05, 3.63) is 29.5 Å². The van der Waals surface area contributed by atoms with Crippen LogP contribution < -0.4 is 0 Å². The monoisotopic (exact) mass is 231 g/mol. The van der Waals surface area contributed by atoms with Crippen molar-refractivity contribution in [2.24, 2.45) is 7.05 Å². The average Bonchev–Trinajstić information content (AvgIpc) is 2.72. The van der Waals surface area contributed by atoms with E-state index in [1.807, 2.05) is 60.0 Å². The molecule has 0 saturated heterocycles. The van der Waals surface area contributed by atoms with Crippen molar-refractivity contribution in [1.29, 1.82) is 5.26 Å². The molecule has 1 heterocycles. The molecule has 0 saturated carbocycles. The molecular formula is C14H21N3. The van der Waals surface area contributed by atoms with Gasteiger partial charge in [-0.05, 0) is 24.6 Å². The second kappa shape index (κ2) is 7.45. The molecule has 0 amide bonds. The zero-order valence-electron chi connectivity index (χ0n) is 11.6. The fraction of sp³-hybridized carbons (Fsp3) is 0.429. The molecule has 0 unspecified atom stereocenters. The first-order valence-electron chi connectivity index (χ1n) is 6.05. The normalized spacial score (nSPS) is 8.53. The first kappa shape index (κ1) is 15.2. The van der Waals surface area contributed by atoms with Crippen molar-refractivity contribution in [3.8, 4) is 6.07 Å². The highest BCUT2D eigenvalue weighted by molar-refractivity contribution is 5.80. The molecule has 3 heteroatoms. The van der Waals surface area contributed by atoms with Crippen LogP contribution in [0.15, 0.2) is 18.3 Å². The van der Waals surface area contributed by atoms with Crippen LogP contribution in [0.25, 0.3) is 10.9 Å².